The summed E-state index contributed by atoms with van der Waals surface area (Å²) < 4.78 is 28.2. The van der Waals surface area contributed by atoms with Crippen molar-refractivity contribution in [2.75, 3.05) is 26.9 Å². The maximum absolute atomic E-state index is 14.6. The first-order valence-electron chi connectivity index (χ1n) is 18.8. The fourth-order valence-electron chi connectivity index (χ4n) is 12.7. The van der Waals surface area contributed by atoms with Crippen molar-refractivity contribution in [3.8, 4) is 0 Å². The number of Topliss-reactive ketones (excluding diaryl/α,β-unsaturated/α-hetero) is 1. The van der Waals surface area contributed by atoms with Crippen LogP contribution in [0.2, 0.25) is 0 Å². The topological polar surface area (TPSA) is 209 Å². The van der Waals surface area contributed by atoms with Crippen LogP contribution in [-0.2, 0) is 52.5 Å². The molecule has 0 amide bonds. The van der Waals surface area contributed by atoms with Gasteiger partial charge in [0.25, 0.3) is 0 Å². The Labute approximate surface area is 310 Å². The van der Waals surface area contributed by atoms with Crippen LogP contribution in [0.3, 0.4) is 0 Å². The molecule has 54 heavy (non-hydrogen) atoms. The van der Waals surface area contributed by atoms with E-state index < -0.39 is 101 Å². The molecule has 3 N–H and O–H groups in total. The smallest absolute Gasteiger partial charge is 0.338 e. The number of hydrogen-bond donors (Lipinski definition) is 3. The van der Waals surface area contributed by atoms with Crippen LogP contribution in [0.4, 0.5) is 0 Å². The summed E-state index contributed by atoms with van der Waals surface area (Å²) in [5.74, 6) is -8.25. The summed E-state index contributed by atoms with van der Waals surface area (Å²) in [5, 5.41) is 37.5. The Bertz CT molecular complexity index is 2000. The summed E-state index contributed by atoms with van der Waals surface area (Å²) in [6.07, 6.45) is -0.944. The fourth-order valence-corrected chi connectivity index (χ4v) is 12.7. The quantitative estimate of drug-likeness (QED) is 0.150. The molecule has 288 valence electrons. The van der Waals surface area contributed by atoms with Crippen molar-refractivity contribution < 1.29 is 67.8 Å². The van der Waals surface area contributed by atoms with Gasteiger partial charge in [-0.1, -0.05) is 13.8 Å². The molecule has 0 radical (unpaired) electrons. The zero-order chi connectivity index (χ0) is 38.6. The first-order chi connectivity index (χ1) is 25.5. The molecule has 7 aliphatic carbocycles. The van der Waals surface area contributed by atoms with Crippen LogP contribution in [-0.4, -0.2) is 101 Å². The van der Waals surface area contributed by atoms with E-state index in [-0.39, 0.29) is 71.8 Å². The van der Waals surface area contributed by atoms with Gasteiger partial charge in [0.2, 0.25) is 0 Å². The lowest BCUT2D eigenvalue weighted by molar-refractivity contribution is -0.206. The van der Waals surface area contributed by atoms with E-state index in [1.54, 1.807) is 6.92 Å². The third-order valence-corrected chi connectivity index (χ3v) is 15.2. The number of hydrogen-bond acceptors (Lipinski definition) is 14. The molecular weight excluding hydrogens is 704 g/mol. The van der Waals surface area contributed by atoms with Gasteiger partial charge in [0.1, 0.15) is 31.5 Å². The third kappa shape index (κ3) is 4.16. The molecule has 0 unspecified atom stereocenters. The van der Waals surface area contributed by atoms with Crippen LogP contribution >= 0.6 is 0 Å². The minimum Gasteiger partial charge on any atom is -0.466 e. The zero-order valence-electron chi connectivity index (χ0n) is 30.8. The monoisotopic (exact) mass is 748 g/mol. The summed E-state index contributed by atoms with van der Waals surface area (Å²) in [6, 6.07) is 0. The number of methoxy groups -OCH3 is 1. The summed E-state index contributed by atoms with van der Waals surface area (Å²) >= 11 is 0. The molecule has 1 spiro atoms. The van der Waals surface area contributed by atoms with Crippen molar-refractivity contribution in [1.82, 2.24) is 0 Å². The summed E-state index contributed by atoms with van der Waals surface area (Å²) in [6.45, 7) is 5.51. The number of ketones is 1. The highest BCUT2D eigenvalue weighted by molar-refractivity contribution is 6.09. The first-order valence-corrected chi connectivity index (χ1v) is 18.8. The highest BCUT2D eigenvalue weighted by Gasteiger charge is 2.85. The molecule has 2 bridgehead atoms. The number of aliphatic hydroxyl groups is 3. The highest BCUT2D eigenvalue weighted by Crippen LogP contribution is 2.83. The highest BCUT2D eigenvalue weighted by atomic mass is 16.6. The lowest BCUT2D eigenvalue weighted by Crippen LogP contribution is -2.70. The van der Waals surface area contributed by atoms with Crippen LogP contribution in [0.25, 0.3) is 0 Å². The van der Waals surface area contributed by atoms with Crippen LogP contribution in [0.1, 0.15) is 59.8 Å². The summed E-state index contributed by atoms with van der Waals surface area (Å²) in [5.41, 5.74) is -3.96. The van der Waals surface area contributed by atoms with Crippen molar-refractivity contribution >= 4 is 35.6 Å². The van der Waals surface area contributed by atoms with Gasteiger partial charge in [-0.15, -0.1) is 0 Å². The molecular formula is C40H44O14. The molecule has 5 saturated carbocycles. The van der Waals surface area contributed by atoms with Crippen LogP contribution in [0.15, 0.2) is 45.1 Å². The molecule has 0 aromatic rings. The first kappa shape index (κ1) is 35.6. The largest absolute Gasteiger partial charge is 0.466 e. The molecule has 2 aliphatic heterocycles. The summed E-state index contributed by atoms with van der Waals surface area (Å²) in [4.78, 5) is 80.9. The second-order valence-corrected chi connectivity index (χ2v) is 17.3. The van der Waals surface area contributed by atoms with Gasteiger partial charge in [0.05, 0.1) is 37.5 Å². The lowest BCUT2D eigenvalue weighted by Gasteiger charge is -2.64. The zero-order valence-corrected chi connectivity index (χ0v) is 30.8. The van der Waals surface area contributed by atoms with Gasteiger partial charge >= 0.3 is 29.8 Å². The molecule has 2 heterocycles. The third-order valence-electron chi connectivity index (χ3n) is 15.2. The Morgan fingerprint density at radius 1 is 0.944 bits per heavy atom. The minimum absolute atomic E-state index is 0.00940. The van der Waals surface area contributed by atoms with Crippen molar-refractivity contribution in [3.63, 3.8) is 0 Å². The average molecular weight is 749 g/mol. The predicted octanol–water partition coefficient (Wildman–Crippen LogP) is 1.35. The van der Waals surface area contributed by atoms with Crippen molar-refractivity contribution in [1.29, 1.82) is 0 Å². The van der Waals surface area contributed by atoms with E-state index in [1.165, 1.54) is 27.0 Å². The second-order valence-electron chi connectivity index (χ2n) is 17.3. The maximum atomic E-state index is 14.6. The molecule has 9 rings (SSSR count). The Balaban J connectivity index is 1.29. The Morgan fingerprint density at radius 3 is 2.35 bits per heavy atom. The van der Waals surface area contributed by atoms with E-state index in [9.17, 15) is 44.1 Å². The average Bonchev–Trinajstić information content (AvgIpc) is 4.05. The van der Waals surface area contributed by atoms with Gasteiger partial charge in [-0.3, -0.25) is 14.4 Å². The number of cyclic esters (lactones) is 3. The molecule has 14 heteroatoms. The second kappa shape index (κ2) is 11.2. The molecule has 0 aromatic carbocycles. The molecule has 13 atom stereocenters. The molecule has 9 aliphatic rings. The van der Waals surface area contributed by atoms with E-state index in [4.69, 9.17) is 23.7 Å². The Morgan fingerprint density at radius 2 is 1.65 bits per heavy atom. The standard InChI is InChI=1S/C40H44O14/c1-15-8-9-51-24(41)6-7-25(42)52-13-18-20-12-23-37(3,21-11-22(21)39(23,49)14-53-34(15)46)32-30(43)27-17-10-19(17)38(4)28(27)29(40(20,32)54-36(18)48)26(31(44)33(38)45)16(2)35(47)50-5/h8,17,19,21-23,29-30,32-33,43,45,49H,6-7,9-14H2,1-5H3/b15-8+,26-16?/t17-,19+,21+,22-,23+,29-,30-,32-,33-,37-,38-,39-,40+/m0/s1. The minimum atomic E-state index is -1.79. The van der Waals surface area contributed by atoms with Crippen molar-refractivity contribution in [2.24, 2.45) is 52.3 Å². The lowest BCUT2D eigenvalue weighted by atomic mass is 9.41. The summed E-state index contributed by atoms with van der Waals surface area (Å²) in [7, 11) is 1.18. The molecule has 14 nitrogen and oxygen atoms in total. The number of carbonyl (C=O) groups excluding carboxylic acids is 6. The van der Waals surface area contributed by atoms with E-state index in [0.29, 0.717) is 29.6 Å². The SMILES string of the molecule is COC(=O)C(C)=C1C(=O)[C@H](O)[C@]2(C)C3=C([C@H]4C[C@H]42)[C@H](O)[C@@H]2[C@]4(OC(=O)C5=C4C[C@H]4[C@](O)(COC(=O)/C(C)=C/COC(=O)CCC(=O)OC5)[C@H]5C[C@H]5[C@]24C)[C@@H]13. The number of carbonyl (C=O) groups is 6. The molecule has 0 saturated heterocycles. The van der Waals surface area contributed by atoms with Gasteiger partial charge in [0.15, 0.2) is 11.4 Å². The Hall–Kier alpha value is -4.14. The number of ether oxygens (including phenoxy) is 5. The van der Waals surface area contributed by atoms with Crippen molar-refractivity contribution in [3.05, 3.63) is 45.1 Å². The normalized spacial score (nSPS) is 48.0. The van der Waals surface area contributed by atoms with Gasteiger partial charge in [-0.2, -0.15) is 0 Å². The van der Waals surface area contributed by atoms with Crippen LogP contribution in [0, 0.1) is 52.3 Å². The van der Waals surface area contributed by atoms with E-state index in [1.807, 2.05) is 6.92 Å². The van der Waals surface area contributed by atoms with Crippen molar-refractivity contribution in [2.45, 2.75) is 83.2 Å². The van der Waals surface area contributed by atoms with E-state index in [2.05, 4.69) is 0 Å². The Kier molecular flexibility index (Phi) is 7.39. The van der Waals surface area contributed by atoms with Crippen LogP contribution < -0.4 is 0 Å². The number of esters is 5. The van der Waals surface area contributed by atoms with Crippen LogP contribution in [0.5, 0.6) is 0 Å². The van der Waals surface area contributed by atoms with Gasteiger partial charge in [-0.25, -0.2) is 14.4 Å². The number of fused-ring (bicyclic) bond motifs is 7. The predicted molar refractivity (Wildman–Crippen MR) is 180 cm³/mol. The van der Waals surface area contributed by atoms with Gasteiger partial charge in [0, 0.05) is 34.0 Å². The maximum Gasteiger partial charge on any atom is 0.338 e. The van der Waals surface area contributed by atoms with E-state index in [0.717, 1.165) is 0 Å². The molecule has 0 aromatic heterocycles. The number of rotatable bonds is 1. The number of aliphatic hydroxyl groups excluding tert-OH is 2. The molecule has 5 fully saturated rings. The van der Waals surface area contributed by atoms with Gasteiger partial charge < -0.3 is 39.0 Å². The fraction of sp³-hybridized carbons (Fsp3) is 0.650. The van der Waals surface area contributed by atoms with E-state index >= 15 is 0 Å². The van der Waals surface area contributed by atoms with Gasteiger partial charge in [-0.05, 0) is 85.0 Å².